The molecule has 12 heteroatoms. The van der Waals surface area contributed by atoms with E-state index in [1.807, 2.05) is 0 Å². The van der Waals surface area contributed by atoms with E-state index in [9.17, 15) is 31.9 Å². The predicted molar refractivity (Wildman–Crippen MR) is 116 cm³/mol. The van der Waals surface area contributed by atoms with Crippen molar-refractivity contribution >= 4 is 39.5 Å². The van der Waals surface area contributed by atoms with Gasteiger partial charge in [-0.3, -0.25) is 19.3 Å². The van der Waals surface area contributed by atoms with E-state index < -0.39 is 47.5 Å². The number of halogens is 5. The molecule has 34 heavy (non-hydrogen) atoms. The lowest BCUT2D eigenvalue weighted by Crippen LogP contribution is -2.81. The zero-order valence-corrected chi connectivity index (χ0v) is 19.7. The minimum Gasteiger partial charge on any atom is -0.337 e. The minimum absolute atomic E-state index is 0.119. The molecule has 0 saturated carbocycles. The van der Waals surface area contributed by atoms with Crippen LogP contribution in [-0.4, -0.2) is 57.7 Å². The average Bonchev–Trinajstić information content (AvgIpc) is 2.72. The van der Waals surface area contributed by atoms with Gasteiger partial charge in [0.25, 0.3) is 5.91 Å². The summed E-state index contributed by atoms with van der Waals surface area (Å²) in [6.07, 6.45) is -3.22. The number of carbonyl (C=O) groups is 3. The molecule has 0 bridgehead atoms. The van der Waals surface area contributed by atoms with Crippen molar-refractivity contribution in [3.63, 3.8) is 0 Å². The number of anilines is 1. The Hall–Kier alpha value is -3.02. The summed E-state index contributed by atoms with van der Waals surface area (Å²) in [6, 6.07) is 4.66. The third-order valence-electron chi connectivity index (χ3n) is 6.17. The summed E-state index contributed by atoms with van der Waals surface area (Å²) >= 11 is 3.09. The van der Waals surface area contributed by atoms with Gasteiger partial charge in [-0.1, -0.05) is 12.1 Å². The Bertz CT molecular complexity index is 1170. The van der Waals surface area contributed by atoms with E-state index in [4.69, 9.17) is 0 Å². The molecule has 7 nitrogen and oxygen atoms in total. The SMILES string of the molecule is CC(=O)N1CC2(C1)C(=O)N(c1ncc(Br)cc1F)CC(=O)N2C(C)c1ccc(C(F)(F)F)cc1. The van der Waals surface area contributed by atoms with Crippen LogP contribution in [-0.2, 0) is 20.6 Å². The smallest absolute Gasteiger partial charge is 0.337 e. The highest BCUT2D eigenvalue weighted by Gasteiger charge is 2.62. The number of rotatable bonds is 3. The topological polar surface area (TPSA) is 73.8 Å². The van der Waals surface area contributed by atoms with Crippen molar-refractivity contribution in [2.45, 2.75) is 31.6 Å². The normalized spacial score (nSPS) is 18.9. The largest absolute Gasteiger partial charge is 0.416 e. The summed E-state index contributed by atoms with van der Waals surface area (Å²) in [5, 5.41) is 0. The van der Waals surface area contributed by atoms with Gasteiger partial charge in [0.15, 0.2) is 17.2 Å². The van der Waals surface area contributed by atoms with Gasteiger partial charge >= 0.3 is 6.18 Å². The van der Waals surface area contributed by atoms with Gasteiger partial charge in [-0.2, -0.15) is 13.2 Å². The second kappa shape index (κ2) is 8.33. The fourth-order valence-electron chi connectivity index (χ4n) is 4.44. The highest BCUT2D eigenvalue weighted by atomic mass is 79.9. The van der Waals surface area contributed by atoms with Crippen molar-refractivity contribution in [1.29, 1.82) is 0 Å². The number of pyridine rings is 1. The molecule has 2 aliphatic heterocycles. The maximum Gasteiger partial charge on any atom is 0.416 e. The van der Waals surface area contributed by atoms with Crippen LogP contribution in [0.15, 0.2) is 41.0 Å². The maximum atomic E-state index is 14.6. The van der Waals surface area contributed by atoms with Crippen molar-refractivity contribution in [1.82, 2.24) is 14.8 Å². The lowest BCUT2D eigenvalue weighted by molar-refractivity contribution is -0.172. The molecule has 2 aliphatic rings. The summed E-state index contributed by atoms with van der Waals surface area (Å²) in [6.45, 7) is 2.18. The van der Waals surface area contributed by atoms with Gasteiger partial charge in [0.1, 0.15) is 6.54 Å². The van der Waals surface area contributed by atoms with Crippen LogP contribution in [0.25, 0.3) is 0 Å². The number of nitrogens with zero attached hydrogens (tertiary/aromatic N) is 4. The molecule has 180 valence electrons. The molecule has 0 aliphatic carbocycles. The van der Waals surface area contributed by atoms with Crippen LogP contribution in [0.1, 0.15) is 31.0 Å². The number of aromatic nitrogens is 1. The maximum absolute atomic E-state index is 14.6. The minimum atomic E-state index is -4.52. The first-order chi connectivity index (χ1) is 15.8. The van der Waals surface area contributed by atoms with Crippen molar-refractivity contribution in [2.24, 2.45) is 0 Å². The van der Waals surface area contributed by atoms with Crippen LogP contribution < -0.4 is 4.90 Å². The van der Waals surface area contributed by atoms with Crippen molar-refractivity contribution in [2.75, 3.05) is 24.5 Å². The van der Waals surface area contributed by atoms with E-state index >= 15 is 0 Å². The quantitative estimate of drug-likeness (QED) is 0.556. The number of amides is 3. The number of hydrogen-bond donors (Lipinski definition) is 0. The summed E-state index contributed by atoms with van der Waals surface area (Å²) in [4.78, 5) is 46.4. The number of benzene rings is 1. The van der Waals surface area contributed by atoms with Crippen LogP contribution in [0.2, 0.25) is 0 Å². The van der Waals surface area contributed by atoms with Crippen LogP contribution in [0.5, 0.6) is 0 Å². The molecule has 1 aromatic carbocycles. The van der Waals surface area contributed by atoms with E-state index in [0.717, 1.165) is 23.1 Å². The molecule has 3 heterocycles. The molecule has 2 aromatic rings. The van der Waals surface area contributed by atoms with E-state index in [1.54, 1.807) is 6.92 Å². The molecule has 2 fully saturated rings. The van der Waals surface area contributed by atoms with Gasteiger partial charge in [0.05, 0.1) is 24.7 Å². The fraction of sp³-hybridized carbons (Fsp3) is 0.364. The standard InChI is InChI=1S/C22H19BrF4N4O3/c1-12(14-3-5-15(6-4-14)22(25,26)27)31-18(33)9-30(19-17(24)7-16(23)8-28-19)20(34)21(31)10-29(11-21)13(2)32/h3-8,12H,9-11H2,1-2H3. The van der Waals surface area contributed by atoms with Crippen molar-refractivity contribution in [3.05, 3.63) is 57.9 Å². The number of piperazine rings is 1. The van der Waals surface area contributed by atoms with Gasteiger partial charge in [-0.25, -0.2) is 9.37 Å². The Kier molecular flexibility index (Phi) is 5.91. The Labute approximate surface area is 200 Å². The van der Waals surface area contributed by atoms with Gasteiger partial charge in [-0.05, 0) is 46.6 Å². The molecule has 4 rings (SSSR count). The summed E-state index contributed by atoms with van der Waals surface area (Å²) in [7, 11) is 0. The van der Waals surface area contributed by atoms with E-state index in [0.29, 0.717) is 10.0 Å². The zero-order valence-electron chi connectivity index (χ0n) is 18.1. The molecule has 1 unspecified atom stereocenters. The average molecular weight is 543 g/mol. The first-order valence-electron chi connectivity index (χ1n) is 10.2. The Morgan fingerprint density at radius 3 is 2.32 bits per heavy atom. The first kappa shape index (κ1) is 24.1. The van der Waals surface area contributed by atoms with Crippen LogP contribution in [0.4, 0.5) is 23.4 Å². The number of alkyl halides is 3. The lowest BCUT2D eigenvalue weighted by atomic mass is 9.81. The van der Waals surface area contributed by atoms with E-state index in [-0.39, 0.29) is 24.8 Å². The van der Waals surface area contributed by atoms with Gasteiger partial charge < -0.3 is 9.80 Å². The molecule has 1 aromatic heterocycles. The molecule has 0 radical (unpaired) electrons. The Morgan fingerprint density at radius 2 is 1.79 bits per heavy atom. The monoisotopic (exact) mass is 542 g/mol. The third kappa shape index (κ3) is 3.93. The molecule has 2 saturated heterocycles. The molecular weight excluding hydrogens is 524 g/mol. The summed E-state index contributed by atoms with van der Waals surface area (Å²) in [5.74, 6) is -2.59. The fourth-order valence-corrected chi connectivity index (χ4v) is 4.74. The number of carbonyl (C=O) groups excluding carboxylic acids is 3. The molecule has 1 spiro atoms. The van der Waals surface area contributed by atoms with Crippen LogP contribution >= 0.6 is 15.9 Å². The van der Waals surface area contributed by atoms with Gasteiger partial charge in [0.2, 0.25) is 11.8 Å². The summed E-state index contributed by atoms with van der Waals surface area (Å²) in [5.41, 5.74) is -1.95. The second-order valence-corrected chi connectivity index (χ2v) is 9.23. The highest BCUT2D eigenvalue weighted by molar-refractivity contribution is 9.10. The lowest BCUT2D eigenvalue weighted by Gasteiger charge is -2.59. The van der Waals surface area contributed by atoms with E-state index in [2.05, 4.69) is 20.9 Å². The molecule has 1 atom stereocenters. The molecule has 0 N–H and O–H groups in total. The Balaban J connectivity index is 1.72. The van der Waals surface area contributed by atoms with Crippen LogP contribution in [0.3, 0.4) is 0 Å². The van der Waals surface area contributed by atoms with Gasteiger partial charge in [0, 0.05) is 17.6 Å². The van der Waals surface area contributed by atoms with E-state index in [1.165, 1.54) is 35.1 Å². The third-order valence-corrected chi connectivity index (χ3v) is 6.60. The zero-order chi connectivity index (χ0) is 25.0. The highest BCUT2D eigenvalue weighted by Crippen LogP contribution is 2.41. The predicted octanol–water partition coefficient (Wildman–Crippen LogP) is 3.54. The second-order valence-electron chi connectivity index (χ2n) is 8.32. The van der Waals surface area contributed by atoms with Crippen molar-refractivity contribution in [3.8, 4) is 0 Å². The molecular formula is C22H19BrF4N4O3. The number of hydrogen-bond acceptors (Lipinski definition) is 4. The Morgan fingerprint density at radius 1 is 1.18 bits per heavy atom. The number of likely N-dealkylation sites (tertiary alicyclic amines) is 1. The van der Waals surface area contributed by atoms with Crippen LogP contribution in [0, 0.1) is 5.82 Å². The van der Waals surface area contributed by atoms with Gasteiger partial charge in [-0.15, -0.1) is 0 Å². The first-order valence-corrected chi connectivity index (χ1v) is 11.0. The van der Waals surface area contributed by atoms with Crippen molar-refractivity contribution < 1.29 is 31.9 Å². The summed E-state index contributed by atoms with van der Waals surface area (Å²) < 4.78 is 53.8. The molecule has 3 amide bonds.